The van der Waals surface area contributed by atoms with Crippen molar-refractivity contribution in [1.29, 1.82) is 0 Å². The zero-order chi connectivity index (χ0) is 15.5. The highest BCUT2D eigenvalue weighted by molar-refractivity contribution is 6.36. The minimum atomic E-state index is -0.300. The van der Waals surface area contributed by atoms with Crippen molar-refractivity contribution in [3.05, 3.63) is 63.6 Å². The Morgan fingerprint density at radius 2 is 2.05 bits per heavy atom. The average Bonchev–Trinajstić information content (AvgIpc) is 3.04. The molecule has 2 aromatic rings. The zero-order valence-electron chi connectivity index (χ0n) is 11.6. The predicted molar refractivity (Wildman–Crippen MR) is 90.3 cm³/mol. The smallest absolute Gasteiger partial charge is 0.257 e. The summed E-state index contributed by atoms with van der Waals surface area (Å²) in [4.78, 5) is 16.7. The molecular weight excluding hydrogens is 321 g/mol. The Morgan fingerprint density at radius 3 is 2.82 bits per heavy atom. The minimum Gasteiger partial charge on any atom is -0.368 e. The summed E-state index contributed by atoms with van der Waals surface area (Å²) < 4.78 is 0. The fourth-order valence-corrected chi connectivity index (χ4v) is 2.58. The van der Waals surface area contributed by atoms with Crippen molar-refractivity contribution >= 4 is 40.6 Å². The van der Waals surface area contributed by atoms with Gasteiger partial charge in [-0.2, -0.15) is 0 Å². The van der Waals surface area contributed by atoms with Gasteiger partial charge in [0, 0.05) is 22.8 Å². The molecule has 6 heteroatoms. The van der Waals surface area contributed by atoms with Gasteiger partial charge in [0.15, 0.2) is 0 Å². The molecular formula is C16H13Cl2N3O. The van der Waals surface area contributed by atoms with Crippen molar-refractivity contribution in [2.24, 2.45) is 4.99 Å². The first-order valence-corrected chi connectivity index (χ1v) is 7.54. The molecule has 0 bridgehead atoms. The van der Waals surface area contributed by atoms with Crippen molar-refractivity contribution in [3.63, 3.8) is 0 Å². The molecule has 0 radical (unpaired) electrons. The van der Waals surface area contributed by atoms with Gasteiger partial charge in [0.2, 0.25) is 0 Å². The molecule has 112 valence electrons. The van der Waals surface area contributed by atoms with E-state index in [1.165, 1.54) is 0 Å². The van der Waals surface area contributed by atoms with E-state index in [0.29, 0.717) is 21.3 Å². The molecule has 4 nitrogen and oxygen atoms in total. The van der Waals surface area contributed by atoms with Gasteiger partial charge in [-0.15, -0.1) is 0 Å². The highest BCUT2D eigenvalue weighted by Gasteiger charge is 2.13. The summed E-state index contributed by atoms with van der Waals surface area (Å²) in [5.74, 6) is 0.544. The highest BCUT2D eigenvalue weighted by Crippen LogP contribution is 2.22. The van der Waals surface area contributed by atoms with Crippen LogP contribution in [0.2, 0.25) is 10.0 Å². The van der Waals surface area contributed by atoms with Gasteiger partial charge in [-0.3, -0.25) is 9.79 Å². The molecule has 1 amide bonds. The molecule has 0 atom stereocenters. The molecule has 0 fully saturated rings. The third-order valence-electron chi connectivity index (χ3n) is 3.24. The van der Waals surface area contributed by atoms with E-state index in [4.69, 9.17) is 23.2 Å². The van der Waals surface area contributed by atoms with Gasteiger partial charge in [-0.1, -0.05) is 35.3 Å². The van der Waals surface area contributed by atoms with E-state index in [-0.39, 0.29) is 5.91 Å². The van der Waals surface area contributed by atoms with Crippen molar-refractivity contribution in [1.82, 2.24) is 5.32 Å². The van der Waals surface area contributed by atoms with Crippen LogP contribution in [0.15, 0.2) is 47.5 Å². The van der Waals surface area contributed by atoms with Gasteiger partial charge < -0.3 is 10.6 Å². The number of amides is 1. The lowest BCUT2D eigenvalue weighted by atomic mass is 10.1. The van der Waals surface area contributed by atoms with E-state index in [2.05, 4.69) is 15.6 Å². The summed E-state index contributed by atoms with van der Waals surface area (Å²) in [5, 5.41) is 6.85. The lowest BCUT2D eigenvalue weighted by molar-refractivity contribution is 0.102. The first kappa shape index (κ1) is 14.9. The summed E-state index contributed by atoms with van der Waals surface area (Å²) in [7, 11) is 0. The standard InChI is InChI=1S/C16H13Cl2N3O/c17-11-4-5-14(18)13(9-11)16(22)21-12-3-1-2-10(8-12)15-19-6-7-20-15/h1-5,8-9H,6-7H2,(H,19,20)(H,21,22). The average molecular weight is 334 g/mol. The van der Waals surface area contributed by atoms with Gasteiger partial charge in [0.05, 0.1) is 17.1 Å². The Morgan fingerprint density at radius 1 is 1.18 bits per heavy atom. The van der Waals surface area contributed by atoms with Crippen LogP contribution in [0.1, 0.15) is 15.9 Å². The predicted octanol–water partition coefficient (Wildman–Crippen LogP) is 3.60. The summed E-state index contributed by atoms with van der Waals surface area (Å²) >= 11 is 12.0. The van der Waals surface area contributed by atoms with Gasteiger partial charge in [0.25, 0.3) is 5.91 Å². The number of aliphatic imine (C=N–C) groups is 1. The maximum Gasteiger partial charge on any atom is 0.257 e. The fourth-order valence-electron chi connectivity index (χ4n) is 2.21. The summed E-state index contributed by atoms with van der Waals surface area (Å²) in [6, 6.07) is 12.3. The maximum absolute atomic E-state index is 12.3. The van der Waals surface area contributed by atoms with Gasteiger partial charge in [-0.25, -0.2) is 0 Å². The number of nitrogens with one attached hydrogen (secondary N) is 2. The molecule has 2 N–H and O–H groups in total. The number of carbonyl (C=O) groups excluding carboxylic acids is 1. The number of hydrogen-bond acceptors (Lipinski definition) is 3. The number of benzene rings is 2. The molecule has 0 aliphatic carbocycles. The first-order valence-electron chi connectivity index (χ1n) is 6.78. The van der Waals surface area contributed by atoms with Crippen LogP contribution >= 0.6 is 23.2 Å². The van der Waals surface area contributed by atoms with Crippen LogP contribution in [0.4, 0.5) is 5.69 Å². The lowest BCUT2D eigenvalue weighted by Crippen LogP contribution is -2.20. The van der Waals surface area contributed by atoms with Crippen molar-refractivity contribution in [2.45, 2.75) is 0 Å². The quantitative estimate of drug-likeness (QED) is 0.901. The van der Waals surface area contributed by atoms with Crippen LogP contribution in [0, 0.1) is 0 Å². The van der Waals surface area contributed by atoms with E-state index in [0.717, 1.165) is 24.5 Å². The van der Waals surface area contributed by atoms with E-state index in [1.54, 1.807) is 18.2 Å². The Hall–Kier alpha value is -2.04. The Balaban J connectivity index is 1.82. The van der Waals surface area contributed by atoms with Crippen molar-refractivity contribution < 1.29 is 4.79 Å². The van der Waals surface area contributed by atoms with E-state index in [9.17, 15) is 4.79 Å². The molecule has 0 saturated heterocycles. The van der Waals surface area contributed by atoms with Crippen LogP contribution in [-0.4, -0.2) is 24.8 Å². The SMILES string of the molecule is O=C(Nc1cccc(C2=NCCN2)c1)c1cc(Cl)ccc1Cl. The maximum atomic E-state index is 12.3. The van der Waals surface area contributed by atoms with Crippen LogP contribution in [0.3, 0.4) is 0 Å². The number of halogens is 2. The summed E-state index contributed by atoms with van der Waals surface area (Å²) in [6.07, 6.45) is 0. The van der Waals surface area contributed by atoms with Crippen molar-refractivity contribution in [2.75, 3.05) is 18.4 Å². The zero-order valence-corrected chi connectivity index (χ0v) is 13.1. The molecule has 1 heterocycles. The lowest BCUT2D eigenvalue weighted by Gasteiger charge is -2.09. The van der Waals surface area contributed by atoms with Crippen LogP contribution < -0.4 is 10.6 Å². The van der Waals surface area contributed by atoms with E-state index < -0.39 is 0 Å². The topological polar surface area (TPSA) is 53.5 Å². The third kappa shape index (κ3) is 3.24. The molecule has 3 rings (SSSR count). The van der Waals surface area contributed by atoms with E-state index >= 15 is 0 Å². The normalized spacial score (nSPS) is 13.5. The number of hydrogen-bond donors (Lipinski definition) is 2. The molecule has 0 aromatic heterocycles. The number of rotatable bonds is 3. The first-order chi connectivity index (χ1) is 10.6. The second kappa shape index (κ2) is 6.38. The van der Waals surface area contributed by atoms with Gasteiger partial charge >= 0.3 is 0 Å². The Labute approximate surface area is 138 Å². The van der Waals surface area contributed by atoms with Gasteiger partial charge in [-0.05, 0) is 30.3 Å². The molecule has 0 spiro atoms. The largest absolute Gasteiger partial charge is 0.368 e. The van der Waals surface area contributed by atoms with Crippen LogP contribution in [0.25, 0.3) is 0 Å². The number of anilines is 1. The number of amidine groups is 1. The third-order valence-corrected chi connectivity index (χ3v) is 3.81. The molecule has 0 saturated carbocycles. The second-order valence-corrected chi connectivity index (χ2v) is 5.66. The minimum absolute atomic E-state index is 0.300. The fraction of sp³-hybridized carbons (Fsp3) is 0.125. The summed E-state index contributed by atoms with van der Waals surface area (Å²) in [6.45, 7) is 1.61. The van der Waals surface area contributed by atoms with Crippen LogP contribution in [0.5, 0.6) is 0 Å². The Bertz CT molecular complexity index is 759. The summed E-state index contributed by atoms with van der Waals surface area (Å²) in [5.41, 5.74) is 1.96. The molecule has 22 heavy (non-hydrogen) atoms. The van der Waals surface area contributed by atoms with E-state index in [1.807, 2.05) is 24.3 Å². The highest BCUT2D eigenvalue weighted by atomic mass is 35.5. The molecule has 0 unspecified atom stereocenters. The second-order valence-electron chi connectivity index (χ2n) is 4.82. The monoisotopic (exact) mass is 333 g/mol. The molecule has 1 aliphatic heterocycles. The number of nitrogens with zero attached hydrogens (tertiary/aromatic N) is 1. The van der Waals surface area contributed by atoms with Gasteiger partial charge in [0.1, 0.15) is 5.84 Å². The van der Waals surface area contributed by atoms with Crippen molar-refractivity contribution in [3.8, 4) is 0 Å². The Kier molecular flexibility index (Phi) is 4.32. The molecule has 1 aliphatic rings. The van der Waals surface area contributed by atoms with Crippen LogP contribution in [-0.2, 0) is 0 Å². The number of carbonyl (C=O) groups is 1. The molecule has 2 aromatic carbocycles.